The van der Waals surface area contributed by atoms with Crippen LogP contribution in [0.25, 0.3) is 0 Å². The fraction of sp³-hybridized carbons (Fsp3) is 0.250. The minimum Gasteiger partial charge on any atom is -0.497 e. The van der Waals surface area contributed by atoms with Gasteiger partial charge in [0.2, 0.25) is 0 Å². The Labute approximate surface area is 124 Å². The van der Waals surface area contributed by atoms with Gasteiger partial charge in [-0.1, -0.05) is 0 Å². The van der Waals surface area contributed by atoms with Gasteiger partial charge in [-0.05, 0) is 48.2 Å². The molecular formula is C16H19NO2S. The standard InChI is InChI=1S/C16H19NO2S/c1-18-14-8-12(9-15(10-14)19-2)11-17-13-4-6-16(20-3)7-5-13/h4-10,17H,11H2,1-3H3. The quantitative estimate of drug-likeness (QED) is 0.813. The molecule has 0 atom stereocenters. The zero-order chi connectivity index (χ0) is 14.4. The summed E-state index contributed by atoms with van der Waals surface area (Å²) in [5.41, 5.74) is 2.22. The maximum atomic E-state index is 5.27. The molecule has 0 bridgehead atoms. The third-order valence-corrected chi connectivity index (χ3v) is 3.74. The van der Waals surface area contributed by atoms with Gasteiger partial charge in [-0.25, -0.2) is 0 Å². The van der Waals surface area contributed by atoms with Gasteiger partial charge < -0.3 is 14.8 Å². The zero-order valence-electron chi connectivity index (χ0n) is 12.0. The van der Waals surface area contributed by atoms with Gasteiger partial charge in [0.05, 0.1) is 14.2 Å². The van der Waals surface area contributed by atoms with E-state index in [2.05, 4.69) is 35.8 Å². The van der Waals surface area contributed by atoms with E-state index in [1.54, 1.807) is 26.0 Å². The number of rotatable bonds is 6. The van der Waals surface area contributed by atoms with Crippen LogP contribution in [0.4, 0.5) is 5.69 Å². The molecule has 1 N–H and O–H groups in total. The molecule has 0 fully saturated rings. The average molecular weight is 289 g/mol. The molecule has 0 saturated heterocycles. The molecule has 2 rings (SSSR count). The molecule has 3 nitrogen and oxygen atoms in total. The highest BCUT2D eigenvalue weighted by atomic mass is 32.2. The first-order valence-corrected chi connectivity index (χ1v) is 7.57. The van der Waals surface area contributed by atoms with Gasteiger partial charge in [0.15, 0.2) is 0 Å². The molecule has 0 radical (unpaired) electrons. The molecule has 4 heteroatoms. The number of thioether (sulfide) groups is 1. The molecule has 0 amide bonds. The molecule has 0 aliphatic rings. The second-order valence-electron chi connectivity index (χ2n) is 4.30. The first-order chi connectivity index (χ1) is 9.75. The number of nitrogens with one attached hydrogen (secondary N) is 1. The molecule has 0 aromatic heterocycles. The highest BCUT2D eigenvalue weighted by Gasteiger charge is 2.02. The number of methoxy groups -OCH3 is 2. The monoisotopic (exact) mass is 289 g/mol. The van der Waals surface area contributed by atoms with Gasteiger partial charge >= 0.3 is 0 Å². The summed E-state index contributed by atoms with van der Waals surface area (Å²) in [5.74, 6) is 1.61. The maximum Gasteiger partial charge on any atom is 0.122 e. The van der Waals surface area contributed by atoms with E-state index in [1.807, 2.05) is 18.2 Å². The average Bonchev–Trinajstić information content (AvgIpc) is 2.53. The van der Waals surface area contributed by atoms with Gasteiger partial charge in [0, 0.05) is 23.2 Å². The molecule has 20 heavy (non-hydrogen) atoms. The smallest absolute Gasteiger partial charge is 0.122 e. The van der Waals surface area contributed by atoms with Crippen LogP contribution in [-0.4, -0.2) is 20.5 Å². The SMILES string of the molecule is COc1cc(CNc2ccc(SC)cc2)cc(OC)c1. The normalized spacial score (nSPS) is 10.2. The van der Waals surface area contributed by atoms with Gasteiger partial charge in [-0.3, -0.25) is 0 Å². The van der Waals surface area contributed by atoms with E-state index in [0.717, 1.165) is 29.3 Å². The van der Waals surface area contributed by atoms with E-state index in [0.29, 0.717) is 0 Å². The zero-order valence-corrected chi connectivity index (χ0v) is 12.8. The highest BCUT2D eigenvalue weighted by Crippen LogP contribution is 2.23. The first kappa shape index (κ1) is 14.6. The van der Waals surface area contributed by atoms with E-state index in [4.69, 9.17) is 9.47 Å². The Morgan fingerprint density at radius 1 is 0.950 bits per heavy atom. The summed E-state index contributed by atoms with van der Waals surface area (Å²) < 4.78 is 10.5. The lowest BCUT2D eigenvalue weighted by Gasteiger charge is -2.10. The van der Waals surface area contributed by atoms with Crippen LogP contribution in [0.15, 0.2) is 47.4 Å². The third kappa shape index (κ3) is 3.84. The van der Waals surface area contributed by atoms with Crippen LogP contribution in [0.1, 0.15) is 5.56 Å². The number of ether oxygens (including phenoxy) is 2. The van der Waals surface area contributed by atoms with Crippen LogP contribution >= 0.6 is 11.8 Å². The van der Waals surface area contributed by atoms with Crippen molar-refractivity contribution in [2.45, 2.75) is 11.4 Å². The molecule has 0 saturated carbocycles. The third-order valence-electron chi connectivity index (χ3n) is 3.00. The minimum atomic E-state index is 0.728. The lowest BCUT2D eigenvalue weighted by molar-refractivity contribution is 0.393. The van der Waals surface area contributed by atoms with Crippen molar-refractivity contribution < 1.29 is 9.47 Å². The predicted molar refractivity (Wildman–Crippen MR) is 85.1 cm³/mol. The van der Waals surface area contributed by atoms with Crippen LogP contribution in [0.2, 0.25) is 0 Å². The van der Waals surface area contributed by atoms with Crippen molar-refractivity contribution in [1.29, 1.82) is 0 Å². The summed E-state index contributed by atoms with van der Waals surface area (Å²) in [5, 5.41) is 3.39. The van der Waals surface area contributed by atoms with Crippen molar-refractivity contribution in [3.05, 3.63) is 48.0 Å². The molecule has 106 valence electrons. The molecule has 2 aromatic carbocycles. The number of hydrogen-bond acceptors (Lipinski definition) is 4. The fourth-order valence-electron chi connectivity index (χ4n) is 1.88. The summed E-state index contributed by atoms with van der Waals surface area (Å²) in [6.45, 7) is 0.728. The Bertz CT molecular complexity index is 533. The number of hydrogen-bond donors (Lipinski definition) is 1. The molecular weight excluding hydrogens is 270 g/mol. The molecule has 0 aliphatic carbocycles. The Balaban J connectivity index is 2.05. The van der Waals surface area contributed by atoms with Gasteiger partial charge in [0.25, 0.3) is 0 Å². The Morgan fingerprint density at radius 3 is 2.05 bits per heavy atom. The minimum absolute atomic E-state index is 0.728. The van der Waals surface area contributed by atoms with Crippen LogP contribution in [0, 0.1) is 0 Å². The van der Waals surface area contributed by atoms with Crippen molar-refractivity contribution in [3.8, 4) is 11.5 Å². The Morgan fingerprint density at radius 2 is 1.55 bits per heavy atom. The summed E-state index contributed by atoms with van der Waals surface area (Å²) in [7, 11) is 3.32. The van der Waals surface area contributed by atoms with Crippen LogP contribution in [0.3, 0.4) is 0 Å². The second kappa shape index (κ2) is 7.10. The summed E-state index contributed by atoms with van der Waals surface area (Å²) in [4.78, 5) is 1.26. The second-order valence-corrected chi connectivity index (χ2v) is 5.18. The number of benzene rings is 2. The summed E-state index contributed by atoms with van der Waals surface area (Å²) >= 11 is 1.74. The predicted octanol–water partition coefficient (Wildman–Crippen LogP) is 4.04. The molecule has 0 unspecified atom stereocenters. The van der Waals surface area contributed by atoms with Gasteiger partial charge in [0.1, 0.15) is 11.5 Å². The highest BCUT2D eigenvalue weighted by molar-refractivity contribution is 7.98. The number of anilines is 1. The first-order valence-electron chi connectivity index (χ1n) is 6.35. The maximum absolute atomic E-state index is 5.27. The van der Waals surface area contributed by atoms with Crippen LogP contribution < -0.4 is 14.8 Å². The molecule has 0 aliphatic heterocycles. The van der Waals surface area contributed by atoms with E-state index in [-0.39, 0.29) is 0 Å². The van der Waals surface area contributed by atoms with Crippen molar-refractivity contribution in [1.82, 2.24) is 0 Å². The largest absolute Gasteiger partial charge is 0.497 e. The lowest BCUT2D eigenvalue weighted by atomic mass is 10.2. The Hall–Kier alpha value is -1.81. The molecule has 0 heterocycles. The fourth-order valence-corrected chi connectivity index (χ4v) is 2.29. The van der Waals surface area contributed by atoms with Crippen molar-refractivity contribution >= 4 is 17.4 Å². The van der Waals surface area contributed by atoms with Crippen LogP contribution in [0.5, 0.6) is 11.5 Å². The van der Waals surface area contributed by atoms with E-state index in [1.165, 1.54) is 4.90 Å². The van der Waals surface area contributed by atoms with Crippen LogP contribution in [-0.2, 0) is 6.54 Å². The van der Waals surface area contributed by atoms with Gasteiger partial charge in [-0.15, -0.1) is 11.8 Å². The van der Waals surface area contributed by atoms with Crippen molar-refractivity contribution in [2.24, 2.45) is 0 Å². The Kier molecular flexibility index (Phi) is 5.18. The summed E-state index contributed by atoms with van der Waals surface area (Å²) in [6, 6.07) is 14.3. The summed E-state index contributed by atoms with van der Waals surface area (Å²) in [6.07, 6.45) is 2.07. The van der Waals surface area contributed by atoms with Crippen molar-refractivity contribution in [3.63, 3.8) is 0 Å². The van der Waals surface area contributed by atoms with Crippen molar-refractivity contribution in [2.75, 3.05) is 25.8 Å². The van der Waals surface area contributed by atoms with E-state index in [9.17, 15) is 0 Å². The van der Waals surface area contributed by atoms with E-state index < -0.39 is 0 Å². The lowest BCUT2D eigenvalue weighted by Crippen LogP contribution is -2.00. The topological polar surface area (TPSA) is 30.5 Å². The van der Waals surface area contributed by atoms with Gasteiger partial charge in [-0.2, -0.15) is 0 Å². The molecule has 0 spiro atoms. The molecule has 2 aromatic rings. The van der Waals surface area contributed by atoms with E-state index >= 15 is 0 Å².